The molecule has 4 N–H and O–H groups in total. The first kappa shape index (κ1) is 15.9. The molecule has 0 aliphatic rings. The van der Waals surface area contributed by atoms with Gasteiger partial charge >= 0.3 is 0 Å². The molecule has 0 aliphatic carbocycles. The molecule has 0 atom stereocenters. The molecule has 0 aliphatic heterocycles. The molecule has 112 valence electrons. The number of amides is 1. The molecule has 0 spiro atoms. The minimum Gasteiger partial charge on any atom is -0.308 e. The van der Waals surface area contributed by atoms with Crippen LogP contribution in [0.3, 0.4) is 0 Å². The Labute approximate surface area is 135 Å². The Hall–Kier alpha value is -1.51. The molecule has 8 heteroatoms. The number of nitrogens with one attached hydrogen (secondary N) is 2. The van der Waals surface area contributed by atoms with Crippen LogP contribution in [0.1, 0.15) is 36.8 Å². The van der Waals surface area contributed by atoms with Crippen molar-refractivity contribution in [2.45, 2.75) is 26.2 Å². The predicted molar refractivity (Wildman–Crippen MR) is 88.5 cm³/mol. The lowest BCUT2D eigenvalue weighted by Crippen LogP contribution is -2.18. The van der Waals surface area contributed by atoms with Crippen LogP contribution in [0, 0.1) is 0 Å². The summed E-state index contributed by atoms with van der Waals surface area (Å²) in [4.78, 5) is 20.8. The predicted octanol–water partition coefficient (Wildman–Crippen LogP) is 3.14. The van der Waals surface area contributed by atoms with E-state index in [4.69, 9.17) is 5.84 Å². The zero-order valence-electron chi connectivity index (χ0n) is 11.9. The molecule has 0 saturated heterocycles. The first-order valence-electron chi connectivity index (χ1n) is 6.21. The van der Waals surface area contributed by atoms with Crippen molar-refractivity contribution < 1.29 is 4.79 Å². The highest BCUT2D eigenvalue weighted by atomic mass is 79.9. The fourth-order valence-electron chi connectivity index (χ4n) is 1.57. The van der Waals surface area contributed by atoms with Crippen molar-refractivity contribution in [3.63, 3.8) is 0 Å². The molecule has 0 aromatic carbocycles. The van der Waals surface area contributed by atoms with Crippen molar-refractivity contribution in [3.8, 4) is 0 Å². The molecule has 1 amide bonds. The van der Waals surface area contributed by atoms with Crippen molar-refractivity contribution in [3.05, 3.63) is 33.4 Å². The second-order valence-corrected chi connectivity index (χ2v) is 7.21. The normalized spacial score (nSPS) is 11.3. The van der Waals surface area contributed by atoms with Crippen molar-refractivity contribution in [1.29, 1.82) is 0 Å². The van der Waals surface area contributed by atoms with Crippen molar-refractivity contribution >= 4 is 44.1 Å². The number of halogens is 1. The average Bonchev–Trinajstić information content (AvgIpc) is 2.87. The Kier molecular flexibility index (Phi) is 4.60. The summed E-state index contributed by atoms with van der Waals surface area (Å²) in [6.45, 7) is 6.22. The van der Waals surface area contributed by atoms with Crippen molar-refractivity contribution in [1.82, 2.24) is 9.97 Å². The van der Waals surface area contributed by atoms with E-state index in [9.17, 15) is 4.79 Å². The molecule has 0 unspecified atom stereocenters. The smallest absolute Gasteiger partial charge is 0.261 e. The summed E-state index contributed by atoms with van der Waals surface area (Å²) in [5.74, 6) is 5.37. The van der Waals surface area contributed by atoms with Gasteiger partial charge in [0.25, 0.3) is 5.91 Å². The van der Waals surface area contributed by atoms with Crippen LogP contribution in [0.25, 0.3) is 0 Å². The van der Waals surface area contributed by atoms with Crippen molar-refractivity contribution in [2.24, 2.45) is 5.84 Å². The van der Waals surface area contributed by atoms with E-state index in [1.165, 1.54) is 11.3 Å². The summed E-state index contributed by atoms with van der Waals surface area (Å²) >= 11 is 4.68. The maximum absolute atomic E-state index is 12.3. The molecule has 0 saturated carbocycles. The SMILES string of the molecule is CC(C)(C)c1csc(NC(=O)c2cc(Br)cnc2NN)n1. The number of carbonyl (C=O) groups excluding carboxylic acids is 1. The maximum Gasteiger partial charge on any atom is 0.261 e. The van der Waals surface area contributed by atoms with Gasteiger partial charge in [0.2, 0.25) is 0 Å². The number of hydrogen-bond donors (Lipinski definition) is 3. The Balaban J connectivity index is 2.22. The second kappa shape index (κ2) is 6.08. The maximum atomic E-state index is 12.3. The molecular formula is C13H16BrN5OS. The monoisotopic (exact) mass is 369 g/mol. The van der Waals surface area contributed by atoms with Gasteiger partial charge in [0.05, 0.1) is 11.3 Å². The average molecular weight is 370 g/mol. The van der Waals surface area contributed by atoms with E-state index in [-0.39, 0.29) is 11.3 Å². The van der Waals surface area contributed by atoms with Crippen LogP contribution >= 0.6 is 27.3 Å². The summed E-state index contributed by atoms with van der Waals surface area (Å²) in [5.41, 5.74) is 3.64. The summed E-state index contributed by atoms with van der Waals surface area (Å²) < 4.78 is 0.696. The quantitative estimate of drug-likeness (QED) is 0.570. The minimum atomic E-state index is -0.313. The number of hydrazine groups is 1. The zero-order chi connectivity index (χ0) is 15.6. The fourth-order valence-corrected chi connectivity index (χ4v) is 2.83. The third-order valence-electron chi connectivity index (χ3n) is 2.73. The number of nitrogen functional groups attached to an aromatic ring is 1. The largest absolute Gasteiger partial charge is 0.308 e. The minimum absolute atomic E-state index is 0.0548. The zero-order valence-corrected chi connectivity index (χ0v) is 14.3. The van der Waals surface area contributed by atoms with Crippen LogP contribution in [0.2, 0.25) is 0 Å². The van der Waals surface area contributed by atoms with E-state index in [2.05, 4.69) is 57.4 Å². The molecule has 2 rings (SSSR count). The number of nitrogens with two attached hydrogens (primary N) is 1. The Morgan fingerprint density at radius 1 is 1.43 bits per heavy atom. The second-order valence-electron chi connectivity index (χ2n) is 5.44. The van der Waals surface area contributed by atoms with Gasteiger partial charge < -0.3 is 5.43 Å². The molecule has 2 heterocycles. The van der Waals surface area contributed by atoms with E-state index in [0.29, 0.717) is 21.0 Å². The standard InChI is InChI=1S/C13H16BrN5OS/c1-13(2,3)9-6-21-12(17-9)18-11(20)8-4-7(14)5-16-10(8)19-15/h4-6H,15H2,1-3H3,(H,16,19)(H,17,18,20). The lowest BCUT2D eigenvalue weighted by molar-refractivity contribution is 0.102. The van der Waals surface area contributed by atoms with E-state index in [1.807, 2.05) is 5.38 Å². The van der Waals surface area contributed by atoms with Crippen LogP contribution in [-0.2, 0) is 5.41 Å². The molecule has 0 fully saturated rings. The number of nitrogens with zero attached hydrogens (tertiary/aromatic N) is 2. The lowest BCUT2D eigenvalue weighted by Gasteiger charge is -2.14. The van der Waals surface area contributed by atoms with Gasteiger partial charge in [0.15, 0.2) is 10.9 Å². The molecule has 6 nitrogen and oxygen atoms in total. The first-order valence-corrected chi connectivity index (χ1v) is 7.88. The number of carbonyl (C=O) groups is 1. The molecule has 0 bridgehead atoms. The Morgan fingerprint density at radius 2 is 2.14 bits per heavy atom. The van der Waals surface area contributed by atoms with Crippen LogP contribution in [0.5, 0.6) is 0 Å². The number of thiazole rings is 1. The van der Waals surface area contributed by atoms with Gasteiger partial charge in [0.1, 0.15) is 0 Å². The van der Waals surface area contributed by atoms with Crippen LogP contribution in [-0.4, -0.2) is 15.9 Å². The van der Waals surface area contributed by atoms with Crippen LogP contribution in [0.15, 0.2) is 22.1 Å². The summed E-state index contributed by atoms with van der Waals surface area (Å²) in [5, 5.41) is 5.26. The number of hydrogen-bond acceptors (Lipinski definition) is 6. The van der Waals surface area contributed by atoms with E-state index < -0.39 is 0 Å². The van der Waals surface area contributed by atoms with Gasteiger partial charge in [0, 0.05) is 21.5 Å². The number of rotatable bonds is 3. The number of pyridine rings is 1. The molecule has 2 aromatic heterocycles. The fraction of sp³-hybridized carbons (Fsp3) is 0.308. The van der Waals surface area contributed by atoms with Crippen LogP contribution in [0.4, 0.5) is 10.9 Å². The summed E-state index contributed by atoms with van der Waals surface area (Å²) in [7, 11) is 0. The first-order chi connectivity index (χ1) is 9.81. The van der Waals surface area contributed by atoms with Gasteiger partial charge in [-0.1, -0.05) is 20.8 Å². The van der Waals surface area contributed by atoms with Gasteiger partial charge in [-0.3, -0.25) is 10.1 Å². The van der Waals surface area contributed by atoms with E-state index in [0.717, 1.165) is 5.69 Å². The van der Waals surface area contributed by atoms with Gasteiger partial charge in [-0.05, 0) is 22.0 Å². The Morgan fingerprint density at radius 3 is 2.71 bits per heavy atom. The molecule has 21 heavy (non-hydrogen) atoms. The third kappa shape index (κ3) is 3.78. The van der Waals surface area contributed by atoms with Gasteiger partial charge in [-0.2, -0.15) is 0 Å². The molecular weight excluding hydrogens is 354 g/mol. The Bertz CT molecular complexity index is 665. The van der Waals surface area contributed by atoms with Gasteiger partial charge in [-0.15, -0.1) is 11.3 Å². The molecule has 0 radical (unpaired) electrons. The van der Waals surface area contributed by atoms with E-state index in [1.54, 1.807) is 12.3 Å². The summed E-state index contributed by atoms with van der Waals surface area (Å²) in [6, 6.07) is 1.65. The number of aromatic nitrogens is 2. The highest BCUT2D eigenvalue weighted by Crippen LogP contribution is 2.27. The topological polar surface area (TPSA) is 92.9 Å². The molecule has 2 aromatic rings. The third-order valence-corrected chi connectivity index (χ3v) is 3.92. The lowest BCUT2D eigenvalue weighted by atomic mass is 9.93. The van der Waals surface area contributed by atoms with Gasteiger partial charge in [-0.25, -0.2) is 15.8 Å². The highest BCUT2D eigenvalue weighted by Gasteiger charge is 2.19. The summed E-state index contributed by atoms with van der Waals surface area (Å²) in [6.07, 6.45) is 1.56. The highest BCUT2D eigenvalue weighted by molar-refractivity contribution is 9.10. The van der Waals surface area contributed by atoms with Crippen LogP contribution < -0.4 is 16.6 Å². The number of anilines is 2. The van der Waals surface area contributed by atoms with Crippen molar-refractivity contribution in [2.75, 3.05) is 10.7 Å². The van der Waals surface area contributed by atoms with E-state index >= 15 is 0 Å².